The minimum Gasteiger partial charge on any atom is -0.463 e. The van der Waals surface area contributed by atoms with Crippen LogP contribution in [0.3, 0.4) is 0 Å². The second-order valence-electron chi connectivity index (χ2n) is 9.65. The van der Waals surface area contributed by atoms with Crippen LogP contribution in [0, 0.1) is 5.82 Å². The number of hydrogen-bond donors (Lipinski definition) is 1. The summed E-state index contributed by atoms with van der Waals surface area (Å²) in [5.74, 6) is 1.53. The van der Waals surface area contributed by atoms with Gasteiger partial charge in [-0.1, -0.05) is 50.6 Å². The summed E-state index contributed by atoms with van der Waals surface area (Å²) in [6.45, 7) is 8.26. The maximum atomic E-state index is 13.7. The Morgan fingerprint density at radius 3 is 2.68 bits per heavy atom. The maximum Gasteiger partial charge on any atom is 0.220 e. The van der Waals surface area contributed by atoms with Gasteiger partial charge in [0.1, 0.15) is 17.3 Å². The van der Waals surface area contributed by atoms with E-state index < -0.39 is 0 Å². The van der Waals surface area contributed by atoms with E-state index in [1.54, 1.807) is 12.1 Å². The molecule has 0 aliphatic heterocycles. The van der Waals surface area contributed by atoms with Crippen molar-refractivity contribution >= 4 is 16.8 Å². The van der Waals surface area contributed by atoms with Crippen molar-refractivity contribution < 1.29 is 13.6 Å². The first-order chi connectivity index (χ1) is 18.1. The third-order valence-corrected chi connectivity index (χ3v) is 6.79. The quantitative estimate of drug-likeness (QED) is 0.209. The van der Waals surface area contributed by atoms with Gasteiger partial charge in [0.15, 0.2) is 0 Å². The van der Waals surface area contributed by atoms with E-state index >= 15 is 0 Å². The lowest BCUT2D eigenvalue weighted by molar-refractivity contribution is -0.121. The molecule has 0 unspecified atom stereocenters. The molecule has 37 heavy (non-hydrogen) atoms. The molecule has 0 atom stereocenters. The molecule has 4 rings (SSSR count). The van der Waals surface area contributed by atoms with Crippen molar-refractivity contribution in [3.8, 4) is 0 Å². The number of halogens is 1. The molecule has 0 aliphatic rings. The molecule has 0 saturated carbocycles. The number of para-hydroxylation sites is 1. The van der Waals surface area contributed by atoms with Gasteiger partial charge in [0.05, 0.1) is 13.1 Å². The smallest absolute Gasteiger partial charge is 0.220 e. The second-order valence-corrected chi connectivity index (χ2v) is 9.65. The number of nitrogens with one attached hydrogen (secondary N) is 1. The number of benzene rings is 2. The topological polar surface area (TPSA) is 50.4 Å². The van der Waals surface area contributed by atoms with Gasteiger partial charge in [-0.2, -0.15) is 0 Å². The summed E-state index contributed by atoms with van der Waals surface area (Å²) in [5.41, 5.74) is 3.26. The van der Waals surface area contributed by atoms with E-state index in [2.05, 4.69) is 47.0 Å². The van der Waals surface area contributed by atoms with Gasteiger partial charge in [-0.3, -0.25) is 9.69 Å². The first-order valence-electron chi connectivity index (χ1n) is 13.4. The molecule has 0 saturated heterocycles. The molecule has 2 aromatic carbocycles. The van der Waals surface area contributed by atoms with Gasteiger partial charge in [-0.25, -0.2) is 4.39 Å². The number of aromatic nitrogens is 1. The summed E-state index contributed by atoms with van der Waals surface area (Å²) >= 11 is 0. The molecule has 0 bridgehead atoms. The Morgan fingerprint density at radius 2 is 1.86 bits per heavy atom. The van der Waals surface area contributed by atoms with Crippen molar-refractivity contribution in [2.45, 2.75) is 65.6 Å². The standard InChI is InChI=1S/C31H38FN3O2/c1-3-5-18-34(4-2)23-28-17-16-27(37-28)20-33-31(36)15-9-11-25-22-35(30-14-7-6-13-29(25)30)21-24-10-8-12-26(32)19-24/h6-8,10,12-14,16-17,19,22H,3-5,9,11,15,18,20-21,23H2,1-2H3,(H,33,36). The summed E-state index contributed by atoms with van der Waals surface area (Å²) in [4.78, 5) is 14.9. The van der Waals surface area contributed by atoms with Crippen LogP contribution in [-0.2, 0) is 30.8 Å². The van der Waals surface area contributed by atoms with Crippen molar-refractivity contribution in [1.82, 2.24) is 14.8 Å². The van der Waals surface area contributed by atoms with Gasteiger partial charge < -0.3 is 14.3 Å². The lowest BCUT2D eigenvalue weighted by Gasteiger charge is -2.18. The average molecular weight is 504 g/mol. The number of hydrogen-bond acceptors (Lipinski definition) is 3. The predicted octanol–water partition coefficient (Wildman–Crippen LogP) is 6.68. The Kier molecular flexibility index (Phi) is 9.55. The predicted molar refractivity (Wildman–Crippen MR) is 147 cm³/mol. The van der Waals surface area contributed by atoms with Gasteiger partial charge in [0, 0.05) is 30.1 Å². The van der Waals surface area contributed by atoms with Crippen LogP contribution < -0.4 is 5.32 Å². The number of furan rings is 1. The van der Waals surface area contributed by atoms with Crippen LogP contribution in [0.5, 0.6) is 0 Å². The van der Waals surface area contributed by atoms with Gasteiger partial charge in [0.25, 0.3) is 0 Å². The van der Waals surface area contributed by atoms with E-state index in [-0.39, 0.29) is 11.7 Å². The van der Waals surface area contributed by atoms with Crippen LogP contribution in [0.4, 0.5) is 4.39 Å². The third-order valence-electron chi connectivity index (χ3n) is 6.79. The minimum absolute atomic E-state index is 0.0274. The maximum absolute atomic E-state index is 13.7. The number of rotatable bonds is 14. The molecule has 5 nitrogen and oxygen atoms in total. The number of unbranched alkanes of at least 4 members (excludes halogenated alkanes) is 1. The Balaban J connectivity index is 1.27. The van der Waals surface area contributed by atoms with Crippen LogP contribution in [0.15, 0.2) is 71.3 Å². The fourth-order valence-corrected chi connectivity index (χ4v) is 4.75. The molecule has 0 radical (unpaired) electrons. The minimum atomic E-state index is -0.221. The zero-order valence-corrected chi connectivity index (χ0v) is 22.0. The molecule has 1 N–H and O–H groups in total. The van der Waals surface area contributed by atoms with Crippen molar-refractivity contribution in [2.75, 3.05) is 13.1 Å². The number of aryl methyl sites for hydroxylation is 1. The highest BCUT2D eigenvalue weighted by atomic mass is 19.1. The summed E-state index contributed by atoms with van der Waals surface area (Å²) in [7, 11) is 0. The Morgan fingerprint density at radius 1 is 1.03 bits per heavy atom. The van der Waals surface area contributed by atoms with E-state index in [1.807, 2.05) is 30.3 Å². The second kappa shape index (κ2) is 13.2. The average Bonchev–Trinajstić information content (AvgIpc) is 3.50. The number of nitrogens with zero attached hydrogens (tertiary/aromatic N) is 2. The summed E-state index contributed by atoms with van der Waals surface area (Å²) in [6, 6.07) is 18.9. The molecular weight excluding hydrogens is 465 g/mol. The SMILES string of the molecule is CCCCN(CC)Cc1ccc(CNC(=O)CCCc2cn(Cc3cccc(F)c3)c3ccccc23)o1. The third kappa shape index (κ3) is 7.56. The summed E-state index contributed by atoms with van der Waals surface area (Å²) in [5, 5.41) is 4.18. The number of amides is 1. The molecule has 6 heteroatoms. The number of fused-ring (bicyclic) bond motifs is 1. The Bertz CT molecular complexity index is 1290. The van der Waals surface area contributed by atoms with Crippen molar-refractivity contribution in [3.63, 3.8) is 0 Å². The zero-order chi connectivity index (χ0) is 26.0. The van der Waals surface area contributed by atoms with E-state index in [0.29, 0.717) is 19.5 Å². The molecule has 4 aromatic rings. The van der Waals surface area contributed by atoms with E-state index in [4.69, 9.17) is 4.42 Å². The van der Waals surface area contributed by atoms with Crippen molar-refractivity contribution in [1.29, 1.82) is 0 Å². The number of carbonyl (C=O) groups excluding carboxylic acids is 1. The summed E-state index contributed by atoms with van der Waals surface area (Å²) in [6.07, 6.45) is 6.52. The molecule has 1 amide bonds. The Hall–Kier alpha value is -3.38. The van der Waals surface area contributed by atoms with Crippen LogP contribution in [-0.4, -0.2) is 28.5 Å². The molecule has 196 valence electrons. The van der Waals surface area contributed by atoms with Crippen LogP contribution in [0.25, 0.3) is 10.9 Å². The van der Waals surface area contributed by atoms with E-state index in [0.717, 1.165) is 55.1 Å². The highest BCUT2D eigenvalue weighted by Gasteiger charge is 2.11. The fraction of sp³-hybridized carbons (Fsp3) is 0.387. The van der Waals surface area contributed by atoms with Crippen molar-refractivity contribution in [3.05, 3.63) is 95.3 Å². The van der Waals surface area contributed by atoms with Crippen LogP contribution >= 0.6 is 0 Å². The molecule has 2 heterocycles. The monoisotopic (exact) mass is 503 g/mol. The lowest BCUT2D eigenvalue weighted by atomic mass is 10.1. The first-order valence-corrected chi connectivity index (χ1v) is 13.4. The normalized spacial score (nSPS) is 11.5. The van der Waals surface area contributed by atoms with Crippen LogP contribution in [0.2, 0.25) is 0 Å². The first kappa shape index (κ1) is 26.7. The van der Waals surface area contributed by atoms with Crippen LogP contribution in [0.1, 0.15) is 62.2 Å². The summed E-state index contributed by atoms with van der Waals surface area (Å²) < 4.78 is 21.8. The van der Waals surface area contributed by atoms with E-state index in [1.165, 1.54) is 29.9 Å². The van der Waals surface area contributed by atoms with Gasteiger partial charge in [-0.05, 0) is 73.8 Å². The van der Waals surface area contributed by atoms with E-state index in [9.17, 15) is 9.18 Å². The fourth-order valence-electron chi connectivity index (χ4n) is 4.75. The van der Waals surface area contributed by atoms with Crippen molar-refractivity contribution in [2.24, 2.45) is 0 Å². The molecule has 0 spiro atoms. The molecule has 0 fully saturated rings. The zero-order valence-electron chi connectivity index (χ0n) is 22.0. The molecule has 2 aromatic heterocycles. The van der Waals surface area contributed by atoms with Gasteiger partial charge >= 0.3 is 0 Å². The van der Waals surface area contributed by atoms with Gasteiger partial charge in [-0.15, -0.1) is 0 Å². The Labute approximate surface area is 219 Å². The highest BCUT2D eigenvalue weighted by Crippen LogP contribution is 2.24. The van der Waals surface area contributed by atoms with Gasteiger partial charge in [0.2, 0.25) is 5.91 Å². The number of carbonyl (C=O) groups is 1. The largest absolute Gasteiger partial charge is 0.463 e. The molecular formula is C31H38FN3O2. The highest BCUT2D eigenvalue weighted by molar-refractivity contribution is 5.84. The molecule has 0 aliphatic carbocycles. The lowest BCUT2D eigenvalue weighted by Crippen LogP contribution is -2.23.